The molecule has 0 bridgehead atoms. The minimum atomic E-state index is -0.0678. The average Bonchev–Trinajstić information content (AvgIpc) is 2.48. The predicted octanol–water partition coefficient (Wildman–Crippen LogP) is 3.44. The molecule has 0 saturated heterocycles. The maximum absolute atomic E-state index is 12.2. The smallest absolute Gasteiger partial charge is 0.251 e. The third-order valence-corrected chi connectivity index (χ3v) is 3.84. The van der Waals surface area contributed by atoms with E-state index in [-0.39, 0.29) is 11.9 Å². The molecule has 3 nitrogen and oxygen atoms in total. The van der Waals surface area contributed by atoms with Crippen LogP contribution in [0.1, 0.15) is 34.5 Å². The largest absolute Gasteiger partial charge is 0.346 e. The van der Waals surface area contributed by atoms with Crippen molar-refractivity contribution in [2.75, 3.05) is 6.54 Å². The van der Waals surface area contributed by atoms with Crippen molar-refractivity contribution >= 4 is 21.8 Å². The summed E-state index contributed by atoms with van der Waals surface area (Å²) >= 11 is 3.44. The number of halogens is 1. The van der Waals surface area contributed by atoms with Crippen molar-refractivity contribution in [2.24, 2.45) is 5.73 Å². The number of carbonyl (C=O) groups excluding carboxylic acids is 1. The quantitative estimate of drug-likeness (QED) is 0.871. The Morgan fingerprint density at radius 2 is 1.95 bits per heavy atom. The Bertz CT molecular complexity index is 610. The van der Waals surface area contributed by atoms with Crippen molar-refractivity contribution in [3.8, 4) is 0 Å². The van der Waals surface area contributed by atoms with Crippen LogP contribution >= 0.6 is 15.9 Å². The van der Waals surface area contributed by atoms with E-state index in [1.54, 1.807) is 0 Å². The van der Waals surface area contributed by atoms with Crippen LogP contribution < -0.4 is 11.1 Å². The molecule has 0 unspecified atom stereocenters. The van der Waals surface area contributed by atoms with Gasteiger partial charge in [0.05, 0.1) is 6.04 Å². The summed E-state index contributed by atoms with van der Waals surface area (Å²) in [5.74, 6) is -0.0678. The Morgan fingerprint density at radius 3 is 2.57 bits per heavy atom. The van der Waals surface area contributed by atoms with Crippen LogP contribution in [0.4, 0.5) is 0 Å². The molecule has 0 aliphatic rings. The van der Waals surface area contributed by atoms with Gasteiger partial charge in [-0.3, -0.25) is 4.79 Å². The second-order valence-electron chi connectivity index (χ2n) is 4.99. The zero-order valence-corrected chi connectivity index (χ0v) is 13.6. The first kappa shape index (κ1) is 15.7. The lowest BCUT2D eigenvalue weighted by atomic mass is 10.1. The average molecular weight is 347 g/mol. The third kappa shape index (κ3) is 4.41. The van der Waals surface area contributed by atoms with Gasteiger partial charge in [-0.2, -0.15) is 0 Å². The van der Waals surface area contributed by atoms with Crippen LogP contribution in [0.5, 0.6) is 0 Å². The van der Waals surface area contributed by atoms with E-state index in [1.165, 1.54) is 0 Å². The summed E-state index contributed by atoms with van der Waals surface area (Å²) in [5, 5.41) is 3.01. The second-order valence-corrected chi connectivity index (χ2v) is 5.90. The highest BCUT2D eigenvalue weighted by molar-refractivity contribution is 9.10. The molecule has 3 N–H and O–H groups in total. The zero-order valence-electron chi connectivity index (χ0n) is 12.0. The fourth-order valence-electron chi connectivity index (χ4n) is 2.13. The van der Waals surface area contributed by atoms with Gasteiger partial charge in [0, 0.05) is 10.0 Å². The first-order chi connectivity index (χ1) is 10.1. The van der Waals surface area contributed by atoms with E-state index in [2.05, 4.69) is 21.2 Å². The Balaban J connectivity index is 2.03. The van der Waals surface area contributed by atoms with Crippen molar-refractivity contribution in [3.63, 3.8) is 0 Å². The summed E-state index contributed by atoms with van der Waals surface area (Å²) < 4.78 is 1.01. The van der Waals surface area contributed by atoms with Gasteiger partial charge in [0.2, 0.25) is 0 Å². The van der Waals surface area contributed by atoms with Crippen molar-refractivity contribution in [1.82, 2.24) is 5.32 Å². The summed E-state index contributed by atoms with van der Waals surface area (Å²) in [6.45, 7) is 2.59. The van der Waals surface area contributed by atoms with E-state index in [0.717, 1.165) is 22.0 Å². The number of hydrogen-bond acceptors (Lipinski definition) is 2. The van der Waals surface area contributed by atoms with Gasteiger partial charge in [-0.25, -0.2) is 0 Å². The Labute approximate surface area is 133 Å². The van der Waals surface area contributed by atoms with Crippen LogP contribution in [0.25, 0.3) is 0 Å². The number of rotatable bonds is 5. The van der Waals surface area contributed by atoms with Gasteiger partial charge in [0.15, 0.2) is 0 Å². The number of nitrogens with two attached hydrogens (primary N) is 1. The van der Waals surface area contributed by atoms with Gasteiger partial charge in [-0.15, -0.1) is 0 Å². The fraction of sp³-hybridized carbons (Fsp3) is 0.235. The van der Waals surface area contributed by atoms with Crippen LogP contribution in [-0.2, 0) is 6.42 Å². The number of benzene rings is 2. The molecule has 0 spiro atoms. The molecule has 0 aliphatic carbocycles. The molecular formula is C17H19BrN2O. The SMILES string of the molecule is C[C@@H](NC(=O)c1ccc(CCN)cc1)c1cccc(Br)c1. The highest BCUT2D eigenvalue weighted by atomic mass is 79.9. The molecule has 2 rings (SSSR count). The van der Waals surface area contributed by atoms with Gasteiger partial charge >= 0.3 is 0 Å². The molecular weight excluding hydrogens is 328 g/mol. The predicted molar refractivity (Wildman–Crippen MR) is 89.2 cm³/mol. The molecule has 0 saturated carbocycles. The van der Waals surface area contributed by atoms with Gasteiger partial charge in [0.25, 0.3) is 5.91 Å². The van der Waals surface area contributed by atoms with Crippen molar-refractivity contribution < 1.29 is 4.79 Å². The Morgan fingerprint density at radius 1 is 1.24 bits per heavy atom. The summed E-state index contributed by atoms with van der Waals surface area (Å²) in [6.07, 6.45) is 0.830. The summed E-state index contributed by atoms with van der Waals surface area (Å²) in [7, 11) is 0. The van der Waals surface area contributed by atoms with E-state index >= 15 is 0 Å². The third-order valence-electron chi connectivity index (χ3n) is 3.35. The number of nitrogens with one attached hydrogen (secondary N) is 1. The molecule has 2 aromatic carbocycles. The molecule has 110 valence electrons. The molecule has 2 aromatic rings. The first-order valence-electron chi connectivity index (χ1n) is 6.95. The highest BCUT2D eigenvalue weighted by Crippen LogP contribution is 2.18. The summed E-state index contributed by atoms with van der Waals surface area (Å²) in [6, 6.07) is 15.5. The lowest BCUT2D eigenvalue weighted by Crippen LogP contribution is -2.26. The number of carbonyl (C=O) groups is 1. The Hall–Kier alpha value is -1.65. The van der Waals surface area contributed by atoms with Crippen molar-refractivity contribution in [2.45, 2.75) is 19.4 Å². The highest BCUT2D eigenvalue weighted by Gasteiger charge is 2.11. The maximum atomic E-state index is 12.2. The van der Waals surface area contributed by atoms with E-state index in [0.29, 0.717) is 12.1 Å². The molecule has 1 atom stereocenters. The standard InChI is InChI=1S/C17H19BrN2O/c1-12(15-3-2-4-16(18)11-15)20-17(21)14-7-5-13(6-8-14)9-10-19/h2-8,11-12H,9-10,19H2,1H3,(H,20,21)/t12-/m1/s1. The van der Waals surface area contributed by atoms with Crippen LogP contribution in [0.3, 0.4) is 0 Å². The first-order valence-corrected chi connectivity index (χ1v) is 7.75. The lowest BCUT2D eigenvalue weighted by molar-refractivity contribution is 0.0940. The van der Waals surface area contributed by atoms with Gasteiger partial charge in [-0.1, -0.05) is 40.2 Å². The minimum Gasteiger partial charge on any atom is -0.346 e. The van der Waals surface area contributed by atoms with Crippen LogP contribution in [0.15, 0.2) is 53.0 Å². The summed E-state index contributed by atoms with van der Waals surface area (Å²) in [5.41, 5.74) is 8.40. The van der Waals surface area contributed by atoms with E-state index in [4.69, 9.17) is 5.73 Å². The lowest BCUT2D eigenvalue weighted by Gasteiger charge is -2.15. The molecule has 0 heterocycles. The zero-order chi connectivity index (χ0) is 15.2. The van der Waals surface area contributed by atoms with Gasteiger partial charge < -0.3 is 11.1 Å². The number of hydrogen-bond donors (Lipinski definition) is 2. The molecule has 1 amide bonds. The molecule has 0 aromatic heterocycles. The van der Waals surface area contributed by atoms with Crippen LogP contribution in [0, 0.1) is 0 Å². The number of amides is 1. The van der Waals surface area contributed by atoms with E-state index < -0.39 is 0 Å². The maximum Gasteiger partial charge on any atom is 0.251 e. The minimum absolute atomic E-state index is 0.0429. The second kappa shape index (κ2) is 7.38. The van der Waals surface area contributed by atoms with Crippen molar-refractivity contribution in [3.05, 3.63) is 69.7 Å². The van der Waals surface area contributed by atoms with Crippen molar-refractivity contribution in [1.29, 1.82) is 0 Å². The van der Waals surface area contributed by atoms with E-state index in [9.17, 15) is 4.79 Å². The molecule has 4 heteroatoms. The summed E-state index contributed by atoms with van der Waals surface area (Å²) in [4.78, 5) is 12.2. The monoisotopic (exact) mass is 346 g/mol. The fourth-order valence-corrected chi connectivity index (χ4v) is 2.55. The van der Waals surface area contributed by atoms with Gasteiger partial charge in [-0.05, 0) is 55.3 Å². The molecule has 21 heavy (non-hydrogen) atoms. The van der Waals surface area contributed by atoms with Crippen LogP contribution in [0.2, 0.25) is 0 Å². The molecule has 0 aliphatic heterocycles. The van der Waals surface area contributed by atoms with E-state index in [1.807, 2.05) is 55.5 Å². The Kier molecular flexibility index (Phi) is 5.53. The molecule has 0 fully saturated rings. The topological polar surface area (TPSA) is 55.1 Å². The molecule has 0 radical (unpaired) electrons. The normalized spacial score (nSPS) is 12.0. The van der Waals surface area contributed by atoms with Gasteiger partial charge in [0.1, 0.15) is 0 Å². The van der Waals surface area contributed by atoms with Crippen LogP contribution in [-0.4, -0.2) is 12.5 Å².